The summed E-state index contributed by atoms with van der Waals surface area (Å²) in [6.45, 7) is 2.79. The number of ether oxygens (including phenoxy) is 1. The molecule has 2 aromatic carbocycles. The highest BCUT2D eigenvalue weighted by Gasteiger charge is 2.41. The van der Waals surface area contributed by atoms with E-state index in [1.54, 1.807) is 6.92 Å². The topological polar surface area (TPSA) is 35.0 Å². The minimum atomic E-state index is -4.53. The third-order valence-corrected chi connectivity index (χ3v) is 3.87. The quantitative estimate of drug-likeness (QED) is 0.549. The van der Waals surface area contributed by atoms with Crippen LogP contribution in [-0.2, 0) is 6.11 Å². The molecule has 1 heterocycles. The summed E-state index contributed by atoms with van der Waals surface area (Å²) in [5.74, 6) is -6.52. The predicted molar refractivity (Wildman–Crippen MR) is 87.7 cm³/mol. The molecule has 1 aromatic heterocycles. The molecule has 3 aromatic rings. The largest absolute Gasteiger partial charge is 0.432 e. The van der Waals surface area contributed by atoms with Crippen molar-refractivity contribution in [3.05, 3.63) is 76.6 Å². The number of hydrogen-bond acceptors (Lipinski definition) is 3. The molecule has 28 heavy (non-hydrogen) atoms. The van der Waals surface area contributed by atoms with E-state index in [1.807, 2.05) is 0 Å². The van der Waals surface area contributed by atoms with Crippen LogP contribution in [0.2, 0.25) is 0 Å². The van der Waals surface area contributed by atoms with Gasteiger partial charge in [0.05, 0.1) is 0 Å². The second kappa shape index (κ2) is 7.14. The molecule has 0 aliphatic heterocycles. The van der Waals surface area contributed by atoms with Gasteiger partial charge in [-0.3, -0.25) is 0 Å². The smallest absolute Gasteiger partial charge is 0.429 e. The van der Waals surface area contributed by atoms with Gasteiger partial charge in [0.25, 0.3) is 0 Å². The number of benzene rings is 2. The fourth-order valence-electron chi connectivity index (χ4n) is 2.40. The first-order chi connectivity index (χ1) is 13.1. The van der Waals surface area contributed by atoms with Crippen LogP contribution in [0, 0.1) is 37.1 Å². The van der Waals surface area contributed by atoms with Crippen LogP contribution in [0.3, 0.4) is 0 Å². The molecule has 3 nitrogen and oxygen atoms in total. The van der Waals surface area contributed by atoms with E-state index >= 15 is 0 Å². The van der Waals surface area contributed by atoms with Crippen LogP contribution in [-0.4, -0.2) is 9.97 Å². The lowest BCUT2D eigenvalue weighted by Crippen LogP contribution is -2.25. The predicted octanol–water partition coefficient (Wildman–Crippen LogP) is 5.45. The molecule has 0 N–H and O–H groups in total. The molecule has 0 radical (unpaired) electrons. The van der Waals surface area contributed by atoms with Crippen LogP contribution in [0.5, 0.6) is 5.75 Å². The molecule has 0 saturated heterocycles. The van der Waals surface area contributed by atoms with Crippen molar-refractivity contribution in [2.75, 3.05) is 0 Å². The minimum absolute atomic E-state index is 0.0677. The third-order valence-electron chi connectivity index (χ3n) is 3.87. The van der Waals surface area contributed by atoms with Crippen LogP contribution < -0.4 is 4.74 Å². The van der Waals surface area contributed by atoms with E-state index < -0.39 is 46.3 Å². The van der Waals surface area contributed by atoms with Crippen molar-refractivity contribution in [3.63, 3.8) is 0 Å². The maximum atomic E-state index is 14.3. The lowest BCUT2D eigenvalue weighted by atomic mass is 10.1. The summed E-state index contributed by atoms with van der Waals surface area (Å²) in [6.07, 6.45) is -1.75. The first kappa shape index (κ1) is 19.7. The van der Waals surface area contributed by atoms with Gasteiger partial charge in [-0.05, 0) is 31.5 Å². The Morgan fingerprint density at radius 2 is 1.29 bits per heavy atom. The highest BCUT2D eigenvalue weighted by Crippen LogP contribution is 2.37. The van der Waals surface area contributed by atoms with Crippen LogP contribution in [0.1, 0.15) is 16.7 Å². The van der Waals surface area contributed by atoms with E-state index in [-0.39, 0.29) is 11.4 Å². The molecular weight excluding hydrogens is 386 g/mol. The van der Waals surface area contributed by atoms with Crippen LogP contribution >= 0.6 is 0 Å². The van der Waals surface area contributed by atoms with Crippen LogP contribution in [0.15, 0.2) is 36.7 Å². The average molecular weight is 398 g/mol. The van der Waals surface area contributed by atoms with Gasteiger partial charge < -0.3 is 4.74 Å². The number of aromatic nitrogens is 2. The average Bonchev–Trinajstić information content (AvgIpc) is 2.59. The summed E-state index contributed by atoms with van der Waals surface area (Å²) in [7, 11) is 0. The Balaban J connectivity index is 1.99. The minimum Gasteiger partial charge on any atom is -0.429 e. The van der Waals surface area contributed by atoms with Gasteiger partial charge >= 0.3 is 6.11 Å². The standard InChI is InChI=1S/C19H12F6N2O/c1-9-7-26-18(27-8-9)11-3-15(22)17(16(23)4-11)19(24,25)28-12-5-13(20)10(2)14(21)6-12/h3-8H,1-2H3. The maximum absolute atomic E-state index is 14.3. The van der Waals surface area contributed by atoms with Gasteiger partial charge in [-0.25, -0.2) is 27.5 Å². The summed E-state index contributed by atoms with van der Waals surface area (Å²) < 4.78 is 88.5. The lowest BCUT2D eigenvalue weighted by Gasteiger charge is -2.20. The Morgan fingerprint density at radius 1 is 0.786 bits per heavy atom. The lowest BCUT2D eigenvalue weighted by molar-refractivity contribution is -0.189. The maximum Gasteiger partial charge on any atom is 0.432 e. The molecule has 3 rings (SSSR count). The first-order valence-corrected chi connectivity index (χ1v) is 7.89. The second-order valence-corrected chi connectivity index (χ2v) is 6.03. The van der Waals surface area contributed by atoms with Crippen molar-refractivity contribution in [2.24, 2.45) is 0 Å². The molecule has 0 saturated carbocycles. The molecule has 0 fully saturated rings. The van der Waals surface area contributed by atoms with Crippen LogP contribution in [0.25, 0.3) is 11.4 Å². The molecule has 0 aliphatic rings. The van der Waals surface area contributed by atoms with Crippen molar-refractivity contribution in [1.82, 2.24) is 9.97 Å². The SMILES string of the molecule is Cc1cnc(-c2cc(F)c(C(F)(F)Oc3cc(F)c(C)c(F)c3)c(F)c2)nc1. The Hall–Kier alpha value is -3.10. The normalized spacial score (nSPS) is 11.6. The first-order valence-electron chi connectivity index (χ1n) is 7.89. The van der Waals surface area contributed by atoms with Gasteiger partial charge in [0, 0.05) is 35.7 Å². The molecular formula is C19H12F6N2O. The number of nitrogens with zero attached hydrogens (tertiary/aromatic N) is 2. The molecule has 0 bridgehead atoms. The van der Waals surface area contributed by atoms with Gasteiger partial charge in [0.2, 0.25) is 0 Å². The molecule has 0 atom stereocenters. The van der Waals surface area contributed by atoms with E-state index in [2.05, 4.69) is 14.7 Å². The zero-order valence-electron chi connectivity index (χ0n) is 14.5. The number of aryl methyl sites for hydroxylation is 1. The fraction of sp³-hybridized carbons (Fsp3) is 0.158. The van der Waals surface area contributed by atoms with E-state index in [1.165, 1.54) is 12.4 Å². The van der Waals surface area contributed by atoms with Gasteiger partial charge in [0.15, 0.2) is 5.82 Å². The van der Waals surface area contributed by atoms with Gasteiger partial charge in [-0.2, -0.15) is 8.78 Å². The van der Waals surface area contributed by atoms with Crippen molar-refractivity contribution in [2.45, 2.75) is 20.0 Å². The molecule has 9 heteroatoms. The van der Waals surface area contributed by atoms with E-state index in [0.717, 1.165) is 6.92 Å². The highest BCUT2D eigenvalue weighted by molar-refractivity contribution is 5.56. The van der Waals surface area contributed by atoms with E-state index in [9.17, 15) is 26.3 Å². The Morgan fingerprint density at radius 3 is 1.79 bits per heavy atom. The van der Waals surface area contributed by atoms with E-state index in [4.69, 9.17) is 0 Å². The zero-order valence-corrected chi connectivity index (χ0v) is 14.5. The van der Waals surface area contributed by atoms with Crippen LogP contribution in [0.4, 0.5) is 26.3 Å². The van der Waals surface area contributed by atoms with Crippen molar-refractivity contribution < 1.29 is 31.1 Å². The van der Waals surface area contributed by atoms with Gasteiger partial charge in [-0.1, -0.05) is 0 Å². The Bertz CT molecular complexity index is 991. The van der Waals surface area contributed by atoms with Crippen molar-refractivity contribution >= 4 is 0 Å². The summed E-state index contributed by atoms with van der Waals surface area (Å²) in [5.41, 5.74) is -1.58. The summed E-state index contributed by atoms with van der Waals surface area (Å²) >= 11 is 0. The summed E-state index contributed by atoms with van der Waals surface area (Å²) in [4.78, 5) is 7.74. The molecule has 0 amide bonds. The fourth-order valence-corrected chi connectivity index (χ4v) is 2.40. The molecule has 0 unspecified atom stereocenters. The van der Waals surface area contributed by atoms with Gasteiger partial charge in [0.1, 0.15) is 34.6 Å². The Kier molecular flexibility index (Phi) is 5.01. The Labute approximate surface area is 155 Å². The monoisotopic (exact) mass is 398 g/mol. The van der Waals surface area contributed by atoms with E-state index in [0.29, 0.717) is 29.8 Å². The number of rotatable bonds is 4. The number of alkyl halides is 2. The summed E-state index contributed by atoms with van der Waals surface area (Å²) in [6, 6.07) is 2.24. The van der Waals surface area contributed by atoms with Crippen molar-refractivity contribution in [3.8, 4) is 17.1 Å². The number of hydrogen-bond donors (Lipinski definition) is 0. The highest BCUT2D eigenvalue weighted by atomic mass is 19.3. The molecule has 0 aliphatic carbocycles. The zero-order chi connectivity index (χ0) is 20.6. The number of halogens is 6. The molecule has 0 spiro atoms. The van der Waals surface area contributed by atoms with Gasteiger partial charge in [-0.15, -0.1) is 0 Å². The third kappa shape index (κ3) is 3.78. The summed E-state index contributed by atoms with van der Waals surface area (Å²) in [5, 5.41) is 0. The second-order valence-electron chi connectivity index (χ2n) is 6.03. The molecule has 146 valence electrons. The van der Waals surface area contributed by atoms with Crippen molar-refractivity contribution in [1.29, 1.82) is 0 Å².